The molecule has 0 atom stereocenters. The molecule has 2 aromatic rings. The van der Waals surface area contributed by atoms with Crippen molar-refractivity contribution in [1.82, 2.24) is 14.9 Å². The van der Waals surface area contributed by atoms with Crippen LogP contribution in [0.2, 0.25) is 0 Å². The molecule has 1 aliphatic carbocycles. The number of carbonyl (C=O) groups excluding carboxylic acids is 1. The van der Waals surface area contributed by atoms with E-state index in [1.807, 2.05) is 10.6 Å². The zero-order valence-corrected chi connectivity index (χ0v) is 14.1. The van der Waals surface area contributed by atoms with Crippen LogP contribution in [0, 0.1) is 0 Å². The number of hydrogen-bond acceptors (Lipinski definition) is 3. The number of aromatic amines is 1. The number of aromatic nitrogens is 2. The quantitative estimate of drug-likeness (QED) is 0.670. The largest absolute Gasteiger partial charge is 0.481 e. The summed E-state index contributed by atoms with van der Waals surface area (Å²) in [5.74, 6) is -1.04. The summed E-state index contributed by atoms with van der Waals surface area (Å²) in [6.07, 6.45) is 5.59. The maximum atomic E-state index is 12.3. The van der Waals surface area contributed by atoms with Crippen LogP contribution >= 0.6 is 0 Å². The van der Waals surface area contributed by atoms with E-state index in [0.717, 1.165) is 31.2 Å². The Morgan fingerprint density at radius 3 is 2.72 bits per heavy atom. The molecule has 7 heteroatoms. The van der Waals surface area contributed by atoms with Gasteiger partial charge in [0.2, 0.25) is 0 Å². The first-order valence-electron chi connectivity index (χ1n) is 8.80. The molecule has 7 nitrogen and oxygen atoms in total. The number of carbonyl (C=O) groups is 2. The normalized spacial score (nSPS) is 14.9. The second kappa shape index (κ2) is 7.55. The van der Waals surface area contributed by atoms with E-state index in [2.05, 4.69) is 10.3 Å². The van der Waals surface area contributed by atoms with Crippen molar-refractivity contribution in [2.75, 3.05) is 6.54 Å². The highest BCUT2D eigenvalue weighted by Crippen LogP contribution is 2.30. The lowest BCUT2D eigenvalue weighted by Crippen LogP contribution is -2.24. The highest BCUT2D eigenvalue weighted by Gasteiger charge is 2.21. The lowest BCUT2D eigenvalue weighted by molar-refractivity contribution is -0.137. The molecule has 0 unspecified atom stereocenters. The minimum atomic E-state index is -0.826. The van der Waals surface area contributed by atoms with E-state index in [1.54, 1.807) is 12.1 Å². The Hall–Kier alpha value is -2.57. The van der Waals surface area contributed by atoms with Crippen molar-refractivity contribution in [3.05, 3.63) is 34.2 Å². The van der Waals surface area contributed by atoms with Gasteiger partial charge in [0.1, 0.15) is 0 Å². The average molecular weight is 345 g/mol. The lowest BCUT2D eigenvalue weighted by atomic mass is 10.1. The van der Waals surface area contributed by atoms with Gasteiger partial charge in [-0.15, -0.1) is 0 Å². The molecule has 1 aliphatic rings. The van der Waals surface area contributed by atoms with Gasteiger partial charge in [0.15, 0.2) is 0 Å². The van der Waals surface area contributed by atoms with Crippen LogP contribution in [0.4, 0.5) is 0 Å². The summed E-state index contributed by atoms with van der Waals surface area (Å²) in [7, 11) is 0. The first-order chi connectivity index (χ1) is 12.1. The highest BCUT2D eigenvalue weighted by atomic mass is 16.4. The fourth-order valence-corrected chi connectivity index (χ4v) is 3.50. The van der Waals surface area contributed by atoms with Gasteiger partial charge in [0.25, 0.3) is 5.91 Å². The Morgan fingerprint density at radius 2 is 2.00 bits per heavy atom. The Morgan fingerprint density at radius 1 is 1.24 bits per heavy atom. The molecule has 25 heavy (non-hydrogen) atoms. The van der Waals surface area contributed by atoms with Crippen molar-refractivity contribution in [3.63, 3.8) is 0 Å². The summed E-state index contributed by atoms with van der Waals surface area (Å²) in [5, 5.41) is 11.4. The molecule has 1 aromatic heterocycles. The summed E-state index contributed by atoms with van der Waals surface area (Å²) in [6, 6.07) is 5.50. The van der Waals surface area contributed by atoms with Gasteiger partial charge in [-0.25, -0.2) is 4.79 Å². The second-order valence-corrected chi connectivity index (χ2v) is 6.58. The van der Waals surface area contributed by atoms with E-state index < -0.39 is 5.97 Å². The molecule has 3 N–H and O–H groups in total. The molecule has 3 rings (SSSR count). The van der Waals surface area contributed by atoms with Crippen molar-refractivity contribution < 1.29 is 14.7 Å². The van der Waals surface area contributed by atoms with E-state index >= 15 is 0 Å². The van der Waals surface area contributed by atoms with E-state index in [1.165, 1.54) is 0 Å². The lowest BCUT2D eigenvalue weighted by Gasteiger charge is -2.11. The Labute approximate surface area is 145 Å². The summed E-state index contributed by atoms with van der Waals surface area (Å²) in [5.41, 5.74) is 1.89. The fraction of sp³-hybridized carbons (Fsp3) is 0.500. The molecular weight excluding hydrogens is 322 g/mol. The molecule has 0 saturated heterocycles. The van der Waals surface area contributed by atoms with Gasteiger partial charge >= 0.3 is 11.7 Å². The van der Waals surface area contributed by atoms with Crippen molar-refractivity contribution in [3.8, 4) is 0 Å². The zero-order valence-electron chi connectivity index (χ0n) is 14.1. The Balaban J connectivity index is 1.68. The molecular formula is C18H23N3O4. The number of hydrogen-bond donors (Lipinski definition) is 3. The van der Waals surface area contributed by atoms with Crippen LogP contribution in [0.1, 0.15) is 61.3 Å². The van der Waals surface area contributed by atoms with Gasteiger partial charge in [-0.1, -0.05) is 12.8 Å². The molecule has 1 aromatic carbocycles. The standard InChI is InChI=1S/C18H23N3O4/c22-16(23)7-3-4-10-19-17(24)12-8-9-15-14(11-12)20-18(25)21(15)13-5-1-2-6-13/h8-9,11,13H,1-7,10H2,(H,19,24)(H,20,25)(H,22,23). The minimum Gasteiger partial charge on any atom is -0.481 e. The van der Waals surface area contributed by atoms with Crippen molar-refractivity contribution in [1.29, 1.82) is 0 Å². The predicted molar refractivity (Wildman–Crippen MR) is 93.9 cm³/mol. The molecule has 1 amide bonds. The van der Waals surface area contributed by atoms with Gasteiger partial charge in [-0.3, -0.25) is 14.2 Å². The van der Waals surface area contributed by atoms with Crippen molar-refractivity contribution in [2.45, 2.75) is 51.0 Å². The SMILES string of the molecule is O=C(O)CCCCNC(=O)c1ccc2c(c1)[nH]c(=O)n2C1CCCC1. The van der Waals surface area contributed by atoms with Crippen LogP contribution in [0.15, 0.2) is 23.0 Å². The number of nitrogens with zero attached hydrogens (tertiary/aromatic N) is 1. The molecule has 0 bridgehead atoms. The smallest absolute Gasteiger partial charge is 0.326 e. The number of unbranched alkanes of at least 4 members (excludes halogenated alkanes) is 1. The maximum absolute atomic E-state index is 12.3. The van der Waals surface area contributed by atoms with Crippen LogP contribution in [-0.4, -0.2) is 33.1 Å². The molecule has 0 spiro atoms. The average Bonchev–Trinajstić information content (AvgIpc) is 3.19. The number of carboxylic acid groups (broad SMARTS) is 1. The van der Waals surface area contributed by atoms with Crippen LogP contribution < -0.4 is 11.0 Å². The third-order valence-corrected chi connectivity index (χ3v) is 4.77. The third-order valence-electron chi connectivity index (χ3n) is 4.77. The fourth-order valence-electron chi connectivity index (χ4n) is 3.50. The maximum Gasteiger partial charge on any atom is 0.326 e. The third kappa shape index (κ3) is 3.92. The van der Waals surface area contributed by atoms with Gasteiger partial charge in [0.05, 0.1) is 11.0 Å². The van der Waals surface area contributed by atoms with Crippen LogP contribution in [0.5, 0.6) is 0 Å². The molecule has 1 heterocycles. The molecule has 1 saturated carbocycles. The van der Waals surface area contributed by atoms with E-state index in [-0.39, 0.29) is 24.1 Å². The number of rotatable bonds is 7. The number of benzene rings is 1. The number of imidazole rings is 1. The van der Waals surface area contributed by atoms with Crippen molar-refractivity contribution >= 4 is 22.9 Å². The van der Waals surface area contributed by atoms with E-state index in [4.69, 9.17) is 5.11 Å². The summed E-state index contributed by atoms with van der Waals surface area (Å²) in [4.78, 5) is 37.8. The van der Waals surface area contributed by atoms with E-state index in [0.29, 0.717) is 30.5 Å². The van der Waals surface area contributed by atoms with Gasteiger partial charge in [-0.05, 0) is 43.9 Å². The highest BCUT2D eigenvalue weighted by molar-refractivity contribution is 5.97. The number of nitrogens with one attached hydrogen (secondary N) is 2. The Bertz CT molecular complexity index is 830. The molecule has 1 fully saturated rings. The summed E-state index contributed by atoms with van der Waals surface area (Å²) >= 11 is 0. The topological polar surface area (TPSA) is 104 Å². The number of carboxylic acids is 1. The molecule has 134 valence electrons. The zero-order chi connectivity index (χ0) is 17.8. The molecule has 0 aliphatic heterocycles. The van der Waals surface area contributed by atoms with Crippen molar-refractivity contribution in [2.24, 2.45) is 0 Å². The number of H-pyrrole nitrogens is 1. The summed E-state index contributed by atoms with van der Waals surface area (Å²) < 4.78 is 1.82. The second-order valence-electron chi connectivity index (χ2n) is 6.58. The predicted octanol–water partition coefficient (Wildman–Crippen LogP) is 2.43. The number of amides is 1. The number of fused-ring (bicyclic) bond motifs is 1. The minimum absolute atomic E-state index is 0.109. The van der Waals surface area contributed by atoms with Gasteiger partial charge in [0, 0.05) is 24.6 Å². The van der Waals surface area contributed by atoms with Crippen LogP contribution in [0.25, 0.3) is 11.0 Å². The molecule has 0 radical (unpaired) electrons. The van der Waals surface area contributed by atoms with Gasteiger partial charge < -0.3 is 15.4 Å². The Kier molecular flexibility index (Phi) is 5.21. The monoisotopic (exact) mass is 345 g/mol. The van der Waals surface area contributed by atoms with Gasteiger partial charge in [-0.2, -0.15) is 0 Å². The first-order valence-corrected chi connectivity index (χ1v) is 8.80. The summed E-state index contributed by atoms with van der Waals surface area (Å²) in [6.45, 7) is 0.434. The van der Waals surface area contributed by atoms with E-state index in [9.17, 15) is 14.4 Å². The number of aliphatic carboxylic acids is 1. The first kappa shape index (κ1) is 17.3. The van der Waals surface area contributed by atoms with Crippen LogP contribution in [-0.2, 0) is 4.79 Å². The van der Waals surface area contributed by atoms with Crippen LogP contribution in [0.3, 0.4) is 0 Å².